The summed E-state index contributed by atoms with van der Waals surface area (Å²) in [4.78, 5) is 15.4. The predicted molar refractivity (Wildman–Crippen MR) is 92.6 cm³/mol. The van der Waals surface area contributed by atoms with Gasteiger partial charge in [-0.25, -0.2) is 0 Å². The number of carbonyl (C=O) groups is 1. The highest BCUT2D eigenvalue weighted by atomic mass is 79.9. The molecule has 0 saturated carbocycles. The van der Waals surface area contributed by atoms with Gasteiger partial charge in [-0.1, -0.05) is 24.3 Å². The molecule has 2 rings (SSSR count). The van der Waals surface area contributed by atoms with Gasteiger partial charge in [-0.05, 0) is 40.2 Å². The Morgan fingerprint density at radius 2 is 2.05 bits per heavy atom. The Hall–Kier alpha value is -1.43. The summed E-state index contributed by atoms with van der Waals surface area (Å²) < 4.78 is 1.10. The van der Waals surface area contributed by atoms with Crippen LogP contribution in [0.2, 0.25) is 0 Å². The molecule has 1 N–H and O–H groups in total. The van der Waals surface area contributed by atoms with Crippen LogP contribution in [0.25, 0.3) is 0 Å². The lowest BCUT2D eigenvalue weighted by Gasteiger charge is -2.19. The standard InChI is InChI=1S/C16H17BrN2OS/c1-2-10-19(11-14-8-9-15(17)21-14)12-16(20)18-13-6-4-3-5-7-13/h2-9H,1,10-12H2,(H,18,20). The molecule has 1 amide bonds. The van der Waals surface area contributed by atoms with Crippen molar-refractivity contribution in [2.75, 3.05) is 18.4 Å². The smallest absolute Gasteiger partial charge is 0.238 e. The van der Waals surface area contributed by atoms with Crippen LogP contribution in [-0.4, -0.2) is 23.9 Å². The minimum atomic E-state index is -0.0151. The third kappa shape index (κ3) is 5.46. The first-order valence-corrected chi connectivity index (χ1v) is 8.20. The molecule has 1 aromatic carbocycles. The molecule has 3 nitrogen and oxygen atoms in total. The number of amides is 1. The Labute approximate surface area is 137 Å². The molecule has 0 aliphatic carbocycles. The summed E-state index contributed by atoms with van der Waals surface area (Å²) in [5.74, 6) is -0.0151. The quantitative estimate of drug-likeness (QED) is 0.748. The third-order valence-corrected chi connectivity index (χ3v) is 4.43. The number of para-hydroxylation sites is 1. The first-order chi connectivity index (χ1) is 10.2. The lowest BCUT2D eigenvalue weighted by molar-refractivity contribution is -0.117. The van der Waals surface area contributed by atoms with Crippen molar-refractivity contribution in [2.24, 2.45) is 0 Å². The van der Waals surface area contributed by atoms with E-state index in [1.807, 2.05) is 42.5 Å². The zero-order valence-electron chi connectivity index (χ0n) is 11.6. The highest BCUT2D eigenvalue weighted by molar-refractivity contribution is 9.11. The summed E-state index contributed by atoms with van der Waals surface area (Å²) in [5, 5.41) is 2.90. The molecule has 1 aromatic heterocycles. The van der Waals surface area contributed by atoms with Gasteiger partial charge >= 0.3 is 0 Å². The van der Waals surface area contributed by atoms with E-state index in [0.717, 1.165) is 16.0 Å². The van der Waals surface area contributed by atoms with Crippen LogP contribution < -0.4 is 5.32 Å². The van der Waals surface area contributed by atoms with Crippen molar-refractivity contribution in [1.29, 1.82) is 0 Å². The molecule has 0 unspecified atom stereocenters. The molecule has 0 atom stereocenters. The van der Waals surface area contributed by atoms with Crippen molar-refractivity contribution in [2.45, 2.75) is 6.54 Å². The van der Waals surface area contributed by atoms with Gasteiger partial charge in [0.2, 0.25) is 5.91 Å². The molecule has 0 aliphatic rings. The fourth-order valence-electron chi connectivity index (χ4n) is 1.95. The van der Waals surface area contributed by atoms with Gasteiger partial charge in [0, 0.05) is 23.7 Å². The summed E-state index contributed by atoms with van der Waals surface area (Å²) in [5.41, 5.74) is 0.819. The summed E-state index contributed by atoms with van der Waals surface area (Å²) in [6, 6.07) is 13.6. The number of nitrogens with zero attached hydrogens (tertiary/aromatic N) is 1. The van der Waals surface area contributed by atoms with E-state index in [0.29, 0.717) is 13.1 Å². The van der Waals surface area contributed by atoms with E-state index in [4.69, 9.17) is 0 Å². The fourth-order valence-corrected chi connectivity index (χ4v) is 3.48. The maximum absolute atomic E-state index is 12.1. The van der Waals surface area contributed by atoms with Crippen molar-refractivity contribution in [3.05, 3.63) is 63.8 Å². The van der Waals surface area contributed by atoms with Crippen LogP contribution in [-0.2, 0) is 11.3 Å². The molecule has 110 valence electrons. The van der Waals surface area contributed by atoms with Crippen molar-refractivity contribution in [3.8, 4) is 0 Å². The molecule has 0 radical (unpaired) electrons. The second kappa shape index (κ2) is 8.12. The van der Waals surface area contributed by atoms with Gasteiger partial charge in [0.1, 0.15) is 0 Å². The van der Waals surface area contributed by atoms with Gasteiger partial charge in [0.05, 0.1) is 10.3 Å². The topological polar surface area (TPSA) is 32.3 Å². The highest BCUT2D eigenvalue weighted by Crippen LogP contribution is 2.23. The van der Waals surface area contributed by atoms with Crippen LogP contribution in [0, 0.1) is 0 Å². The number of carbonyl (C=O) groups excluding carboxylic acids is 1. The summed E-state index contributed by atoms with van der Waals surface area (Å²) >= 11 is 5.14. The molecule has 1 heterocycles. The van der Waals surface area contributed by atoms with Crippen molar-refractivity contribution >= 4 is 38.9 Å². The Kier molecular flexibility index (Phi) is 6.17. The number of thiophene rings is 1. The third-order valence-electron chi connectivity index (χ3n) is 2.82. The molecule has 0 aliphatic heterocycles. The summed E-state index contributed by atoms with van der Waals surface area (Å²) in [6.45, 7) is 5.52. The maximum atomic E-state index is 12.1. The Morgan fingerprint density at radius 3 is 2.67 bits per heavy atom. The number of nitrogens with one attached hydrogen (secondary N) is 1. The molecule has 0 fully saturated rings. The van der Waals surface area contributed by atoms with Gasteiger partial charge in [-0.2, -0.15) is 0 Å². The number of hydrogen-bond donors (Lipinski definition) is 1. The second-order valence-corrected chi connectivity index (χ2v) is 7.13. The van der Waals surface area contributed by atoms with E-state index in [9.17, 15) is 4.79 Å². The van der Waals surface area contributed by atoms with Crippen LogP contribution >= 0.6 is 27.3 Å². The van der Waals surface area contributed by atoms with Gasteiger partial charge in [-0.3, -0.25) is 9.69 Å². The normalized spacial score (nSPS) is 10.6. The van der Waals surface area contributed by atoms with E-state index >= 15 is 0 Å². The van der Waals surface area contributed by atoms with Crippen molar-refractivity contribution < 1.29 is 4.79 Å². The highest BCUT2D eigenvalue weighted by Gasteiger charge is 2.11. The number of benzene rings is 1. The van der Waals surface area contributed by atoms with E-state index in [1.54, 1.807) is 11.3 Å². The summed E-state index contributed by atoms with van der Waals surface area (Å²) in [6.07, 6.45) is 1.82. The molecular weight excluding hydrogens is 348 g/mol. The monoisotopic (exact) mass is 364 g/mol. The second-order valence-electron chi connectivity index (χ2n) is 4.58. The van der Waals surface area contributed by atoms with E-state index < -0.39 is 0 Å². The number of halogens is 1. The zero-order chi connectivity index (χ0) is 15.1. The Bertz CT molecular complexity index is 597. The summed E-state index contributed by atoms with van der Waals surface area (Å²) in [7, 11) is 0. The molecule has 0 spiro atoms. The van der Waals surface area contributed by atoms with E-state index in [2.05, 4.69) is 38.8 Å². The van der Waals surface area contributed by atoms with Gasteiger partial charge in [0.25, 0.3) is 0 Å². The SMILES string of the molecule is C=CCN(CC(=O)Nc1ccccc1)Cc1ccc(Br)s1. The maximum Gasteiger partial charge on any atom is 0.238 e. The predicted octanol–water partition coefficient (Wildman–Crippen LogP) is 4.14. The minimum Gasteiger partial charge on any atom is -0.325 e. The average molecular weight is 365 g/mol. The molecular formula is C16H17BrN2OS. The number of hydrogen-bond acceptors (Lipinski definition) is 3. The largest absolute Gasteiger partial charge is 0.325 e. The molecule has 2 aromatic rings. The molecule has 21 heavy (non-hydrogen) atoms. The first kappa shape index (κ1) is 15.9. The zero-order valence-corrected chi connectivity index (χ0v) is 14.0. The van der Waals surface area contributed by atoms with Gasteiger partial charge in [-0.15, -0.1) is 17.9 Å². The lowest BCUT2D eigenvalue weighted by Crippen LogP contribution is -2.32. The number of anilines is 1. The van der Waals surface area contributed by atoms with Gasteiger partial charge in [0.15, 0.2) is 0 Å². The van der Waals surface area contributed by atoms with Crippen LogP contribution in [0.5, 0.6) is 0 Å². The average Bonchev–Trinajstić information content (AvgIpc) is 2.85. The molecule has 5 heteroatoms. The number of rotatable bonds is 7. The van der Waals surface area contributed by atoms with Crippen LogP contribution in [0.3, 0.4) is 0 Å². The lowest BCUT2D eigenvalue weighted by atomic mass is 10.3. The Morgan fingerprint density at radius 1 is 1.29 bits per heavy atom. The molecule has 0 bridgehead atoms. The van der Waals surface area contributed by atoms with E-state index in [-0.39, 0.29) is 5.91 Å². The Balaban J connectivity index is 1.92. The first-order valence-electron chi connectivity index (χ1n) is 6.60. The van der Waals surface area contributed by atoms with Gasteiger partial charge < -0.3 is 5.32 Å². The van der Waals surface area contributed by atoms with Crippen LogP contribution in [0.15, 0.2) is 58.9 Å². The van der Waals surface area contributed by atoms with Crippen molar-refractivity contribution in [3.63, 3.8) is 0 Å². The minimum absolute atomic E-state index is 0.0151. The van der Waals surface area contributed by atoms with Crippen LogP contribution in [0.4, 0.5) is 5.69 Å². The fraction of sp³-hybridized carbons (Fsp3) is 0.188. The molecule has 0 saturated heterocycles. The van der Waals surface area contributed by atoms with E-state index in [1.165, 1.54) is 4.88 Å². The van der Waals surface area contributed by atoms with Crippen LogP contribution in [0.1, 0.15) is 4.88 Å². The van der Waals surface area contributed by atoms with Crippen molar-refractivity contribution in [1.82, 2.24) is 4.90 Å².